The third kappa shape index (κ3) is 2.07. The van der Waals surface area contributed by atoms with Crippen LogP contribution in [0.2, 0.25) is 0 Å². The van der Waals surface area contributed by atoms with Crippen LogP contribution >= 0.6 is 0 Å². The van der Waals surface area contributed by atoms with Crippen molar-refractivity contribution in [3.8, 4) is 5.75 Å². The van der Waals surface area contributed by atoms with E-state index in [0.717, 1.165) is 11.3 Å². The molecule has 2 rings (SSSR count). The predicted molar refractivity (Wildman–Crippen MR) is 56.5 cm³/mol. The van der Waals surface area contributed by atoms with Crippen molar-refractivity contribution in [1.82, 2.24) is 14.8 Å². The van der Waals surface area contributed by atoms with Crippen molar-refractivity contribution in [2.45, 2.75) is 6.54 Å². The normalized spacial score (nSPS) is 10.2. The van der Waals surface area contributed by atoms with Crippen molar-refractivity contribution in [3.05, 3.63) is 36.4 Å². The molecule has 0 fully saturated rings. The van der Waals surface area contributed by atoms with Gasteiger partial charge in [-0.05, 0) is 6.07 Å². The second-order valence-electron chi connectivity index (χ2n) is 3.16. The van der Waals surface area contributed by atoms with Crippen LogP contribution in [0.4, 0.5) is 5.69 Å². The van der Waals surface area contributed by atoms with Crippen molar-refractivity contribution < 1.29 is 4.74 Å². The van der Waals surface area contributed by atoms with E-state index >= 15 is 0 Å². The van der Waals surface area contributed by atoms with Gasteiger partial charge in [0.2, 0.25) is 0 Å². The zero-order valence-electron chi connectivity index (χ0n) is 8.42. The highest BCUT2D eigenvalue weighted by molar-refractivity contribution is 5.33. The number of nitrogens with two attached hydrogens (primary N) is 1. The summed E-state index contributed by atoms with van der Waals surface area (Å²) in [5, 5.41) is 4.09. The van der Waals surface area contributed by atoms with Crippen molar-refractivity contribution in [2.75, 3.05) is 12.8 Å². The molecule has 0 aromatic carbocycles. The first kappa shape index (κ1) is 9.51. The molecule has 15 heavy (non-hydrogen) atoms. The maximum absolute atomic E-state index is 5.57. The summed E-state index contributed by atoms with van der Waals surface area (Å²) in [6.45, 7) is 0.605. The maximum Gasteiger partial charge on any atom is 0.127 e. The zero-order valence-corrected chi connectivity index (χ0v) is 8.42. The number of ether oxygens (including phenoxy) is 1. The highest BCUT2D eigenvalue weighted by Crippen LogP contribution is 2.16. The number of methoxy groups -OCH3 is 1. The average molecular weight is 204 g/mol. The largest absolute Gasteiger partial charge is 0.496 e. The molecule has 2 heterocycles. The van der Waals surface area contributed by atoms with Gasteiger partial charge in [0.15, 0.2) is 0 Å². The Morgan fingerprint density at radius 1 is 1.47 bits per heavy atom. The Morgan fingerprint density at radius 3 is 3.00 bits per heavy atom. The summed E-state index contributed by atoms with van der Waals surface area (Å²) in [5.74, 6) is 0.805. The molecule has 0 saturated heterocycles. The molecule has 78 valence electrons. The van der Waals surface area contributed by atoms with E-state index in [1.54, 1.807) is 36.6 Å². The number of aromatic nitrogens is 3. The first-order valence-corrected chi connectivity index (χ1v) is 4.54. The van der Waals surface area contributed by atoms with Crippen molar-refractivity contribution in [2.24, 2.45) is 0 Å². The molecule has 0 aliphatic heterocycles. The third-order valence-corrected chi connectivity index (χ3v) is 2.06. The molecule has 0 atom stereocenters. The second kappa shape index (κ2) is 4.00. The van der Waals surface area contributed by atoms with Gasteiger partial charge in [-0.1, -0.05) is 0 Å². The lowest BCUT2D eigenvalue weighted by molar-refractivity contribution is 0.406. The summed E-state index contributed by atoms with van der Waals surface area (Å²) in [4.78, 5) is 4.04. The first-order valence-electron chi connectivity index (χ1n) is 4.54. The van der Waals surface area contributed by atoms with Crippen molar-refractivity contribution in [1.29, 1.82) is 0 Å². The molecule has 5 heteroatoms. The SMILES string of the molecule is COc1ccncc1Cn1cc(N)cn1. The van der Waals surface area contributed by atoms with Gasteiger partial charge in [0.05, 0.1) is 25.5 Å². The van der Waals surface area contributed by atoms with Crippen LogP contribution in [0.1, 0.15) is 5.56 Å². The molecule has 0 radical (unpaired) electrons. The minimum absolute atomic E-state index is 0.605. The molecule has 2 aromatic rings. The van der Waals surface area contributed by atoms with E-state index in [2.05, 4.69) is 10.1 Å². The molecule has 0 bridgehead atoms. The van der Waals surface area contributed by atoms with Crippen LogP contribution in [0.15, 0.2) is 30.9 Å². The Hall–Kier alpha value is -2.04. The molecule has 2 aromatic heterocycles. The Labute approximate surface area is 87.5 Å². The van der Waals surface area contributed by atoms with Gasteiger partial charge >= 0.3 is 0 Å². The van der Waals surface area contributed by atoms with Crippen LogP contribution in [0, 0.1) is 0 Å². The topological polar surface area (TPSA) is 66.0 Å². The lowest BCUT2D eigenvalue weighted by Gasteiger charge is -2.06. The molecule has 0 aliphatic carbocycles. The van der Waals surface area contributed by atoms with E-state index in [4.69, 9.17) is 10.5 Å². The van der Waals surface area contributed by atoms with Crippen LogP contribution in [0.3, 0.4) is 0 Å². The van der Waals surface area contributed by atoms with E-state index < -0.39 is 0 Å². The summed E-state index contributed by atoms with van der Waals surface area (Å²) >= 11 is 0. The third-order valence-electron chi connectivity index (χ3n) is 2.06. The maximum atomic E-state index is 5.57. The van der Waals surface area contributed by atoms with E-state index in [0.29, 0.717) is 12.2 Å². The average Bonchev–Trinajstić information content (AvgIpc) is 2.65. The van der Waals surface area contributed by atoms with Crippen LogP contribution < -0.4 is 10.5 Å². The molecule has 5 nitrogen and oxygen atoms in total. The zero-order chi connectivity index (χ0) is 10.7. The van der Waals surface area contributed by atoms with E-state index in [1.165, 1.54) is 0 Å². The minimum Gasteiger partial charge on any atom is -0.496 e. The summed E-state index contributed by atoms with van der Waals surface area (Å²) in [5.41, 5.74) is 7.20. The monoisotopic (exact) mass is 204 g/mol. The van der Waals surface area contributed by atoms with Crippen LogP contribution in [0.25, 0.3) is 0 Å². The lowest BCUT2D eigenvalue weighted by atomic mass is 10.2. The molecular weight excluding hydrogens is 192 g/mol. The predicted octanol–water partition coefficient (Wildman–Crippen LogP) is 0.917. The second-order valence-corrected chi connectivity index (χ2v) is 3.16. The Morgan fingerprint density at radius 2 is 2.33 bits per heavy atom. The molecule has 0 amide bonds. The van der Waals surface area contributed by atoms with Gasteiger partial charge in [-0.15, -0.1) is 0 Å². The quantitative estimate of drug-likeness (QED) is 0.807. The van der Waals surface area contributed by atoms with Crippen LogP contribution in [0.5, 0.6) is 5.75 Å². The highest BCUT2D eigenvalue weighted by Gasteiger charge is 2.03. The number of hydrogen-bond donors (Lipinski definition) is 1. The fourth-order valence-corrected chi connectivity index (χ4v) is 1.37. The van der Waals surface area contributed by atoms with E-state index in [1.807, 2.05) is 6.07 Å². The van der Waals surface area contributed by atoms with Crippen molar-refractivity contribution >= 4 is 5.69 Å². The van der Waals surface area contributed by atoms with E-state index in [-0.39, 0.29) is 0 Å². The highest BCUT2D eigenvalue weighted by atomic mass is 16.5. The summed E-state index contributed by atoms with van der Waals surface area (Å²) in [6.07, 6.45) is 6.84. The van der Waals surface area contributed by atoms with Crippen molar-refractivity contribution in [3.63, 3.8) is 0 Å². The van der Waals surface area contributed by atoms with Gasteiger partial charge < -0.3 is 10.5 Å². The van der Waals surface area contributed by atoms with Gasteiger partial charge in [-0.2, -0.15) is 5.10 Å². The molecule has 0 spiro atoms. The van der Waals surface area contributed by atoms with Crippen LogP contribution in [-0.2, 0) is 6.54 Å². The molecule has 2 N–H and O–H groups in total. The summed E-state index contributed by atoms with van der Waals surface area (Å²) in [7, 11) is 1.64. The fourth-order valence-electron chi connectivity index (χ4n) is 1.37. The Kier molecular flexibility index (Phi) is 2.53. The van der Waals surface area contributed by atoms with Gasteiger partial charge in [-0.3, -0.25) is 9.67 Å². The Bertz CT molecular complexity index is 452. The number of nitrogens with zero attached hydrogens (tertiary/aromatic N) is 3. The van der Waals surface area contributed by atoms with E-state index in [9.17, 15) is 0 Å². The standard InChI is InChI=1S/C10H12N4O/c1-15-10-2-3-12-4-8(10)6-14-7-9(11)5-13-14/h2-5,7H,6,11H2,1H3. The summed E-state index contributed by atoms with van der Waals surface area (Å²) in [6, 6.07) is 1.82. The van der Waals surface area contributed by atoms with Gasteiger partial charge in [0.25, 0.3) is 0 Å². The molecular formula is C10H12N4O. The fraction of sp³-hybridized carbons (Fsp3) is 0.200. The molecule has 0 unspecified atom stereocenters. The molecule has 0 aliphatic rings. The number of rotatable bonds is 3. The minimum atomic E-state index is 0.605. The smallest absolute Gasteiger partial charge is 0.127 e. The Balaban J connectivity index is 2.23. The number of pyridine rings is 1. The lowest BCUT2D eigenvalue weighted by Crippen LogP contribution is -2.02. The number of anilines is 1. The van der Waals surface area contributed by atoms with Gasteiger partial charge in [0, 0.05) is 24.2 Å². The number of hydrogen-bond acceptors (Lipinski definition) is 4. The van der Waals surface area contributed by atoms with Gasteiger partial charge in [0.1, 0.15) is 5.75 Å². The van der Waals surface area contributed by atoms with Crippen LogP contribution in [-0.4, -0.2) is 21.9 Å². The first-order chi connectivity index (χ1) is 7.29. The summed E-state index contributed by atoms with van der Waals surface area (Å²) < 4.78 is 6.96. The molecule has 0 saturated carbocycles. The number of nitrogen functional groups attached to an aromatic ring is 1. The van der Waals surface area contributed by atoms with Gasteiger partial charge in [-0.25, -0.2) is 0 Å².